The molecule has 9 rings (SSSR count). The van der Waals surface area contributed by atoms with Crippen LogP contribution in [-0.4, -0.2) is 224 Å². The number of fused-ring (bicyclic) bond motifs is 6. The summed E-state index contributed by atoms with van der Waals surface area (Å²) < 4.78 is 72.4. The summed E-state index contributed by atoms with van der Waals surface area (Å²) in [6, 6.07) is 8.53. The fraction of sp³-hybridized carbons (Fsp3) is 0.667. The number of nitrogens with zero attached hydrogens (tertiary/aromatic N) is 1. The van der Waals surface area contributed by atoms with Gasteiger partial charge in [0.2, 0.25) is 11.8 Å². The van der Waals surface area contributed by atoms with Crippen molar-refractivity contribution in [1.82, 2.24) is 13.7 Å². The molecule has 0 bridgehead atoms. The van der Waals surface area contributed by atoms with Gasteiger partial charge >= 0.3 is 71.9 Å². The monoisotopic (exact) mass is 2180 g/mol. The van der Waals surface area contributed by atoms with Gasteiger partial charge in [-0.05, 0) is 254 Å². The summed E-state index contributed by atoms with van der Waals surface area (Å²) >= 11 is 3.73. The van der Waals surface area contributed by atoms with E-state index in [2.05, 4.69) is 24.5 Å². The van der Waals surface area contributed by atoms with Crippen molar-refractivity contribution in [3.8, 4) is 11.5 Å². The Labute approximate surface area is 842 Å². The van der Waals surface area contributed by atoms with Crippen molar-refractivity contribution < 1.29 is 155 Å². The van der Waals surface area contributed by atoms with Gasteiger partial charge in [0.25, 0.3) is 0 Å². The number of unbranched alkanes of at least 4 members (excludes halogenated alkanes) is 12. The van der Waals surface area contributed by atoms with E-state index in [1.165, 1.54) is 19.9 Å². The number of esters is 10. The summed E-state index contributed by atoms with van der Waals surface area (Å²) in [6.07, 6.45) is 3.46. The van der Waals surface area contributed by atoms with Crippen LogP contribution in [0.3, 0.4) is 0 Å². The lowest BCUT2D eigenvalue weighted by Gasteiger charge is -2.41. The van der Waals surface area contributed by atoms with E-state index >= 15 is 0 Å². The lowest BCUT2D eigenvalue weighted by Crippen LogP contribution is -2.64. The maximum Gasteiger partial charge on any atom is 0.407 e. The lowest BCUT2D eigenvalue weighted by atomic mass is 9.75. The minimum Gasteiger partial charge on any atom is -0.508 e. The molecule has 5 fully saturated rings. The van der Waals surface area contributed by atoms with Gasteiger partial charge in [-0.2, -0.15) is 0 Å². The van der Waals surface area contributed by atoms with Gasteiger partial charge in [-0.25, -0.2) is 31.9 Å². The maximum atomic E-state index is 14.0. The molecule has 4 amide bonds. The number of hydrogen-bond donors (Lipinski definition) is 8. The first-order valence-corrected chi connectivity index (χ1v) is 50.3. The number of allylic oxidation sites excluding steroid dienone is 2. The topological polar surface area (TPSA) is 498 Å². The number of imide groups is 1. The Hall–Kier alpha value is -9.32. The number of aryl methyl sites for hydroxylation is 4. The van der Waals surface area contributed by atoms with Crippen LogP contribution in [0.1, 0.15) is 315 Å². The van der Waals surface area contributed by atoms with Gasteiger partial charge in [0.15, 0.2) is 59.0 Å². The van der Waals surface area contributed by atoms with Crippen molar-refractivity contribution in [3.05, 3.63) is 102 Å². The van der Waals surface area contributed by atoms with Gasteiger partial charge in [-0.15, -0.1) is 0 Å². The Bertz CT molecular complexity index is 4910. The van der Waals surface area contributed by atoms with Gasteiger partial charge in [0, 0.05) is 89.4 Å². The van der Waals surface area contributed by atoms with Crippen LogP contribution in [0.2, 0.25) is 0 Å². The first kappa shape index (κ1) is 117. The number of amides is 4. The molecule has 35 nitrogen and oxygen atoms in total. The molecule has 37 heteroatoms. The van der Waals surface area contributed by atoms with Crippen LogP contribution in [0, 0.1) is 15.4 Å². The molecule has 139 heavy (non-hydrogen) atoms. The molecule has 4 unspecified atom stereocenters. The largest absolute Gasteiger partial charge is 0.508 e. The number of aliphatic hydroxyl groups is 4. The maximum absolute atomic E-state index is 14.0. The lowest BCUT2D eigenvalue weighted by molar-refractivity contribution is -0.212. The van der Waals surface area contributed by atoms with Crippen molar-refractivity contribution in [1.29, 1.82) is 0 Å². The molecule has 774 valence electrons. The zero-order chi connectivity index (χ0) is 104. The summed E-state index contributed by atoms with van der Waals surface area (Å²) in [6.45, 7) is 32.7. The molecule has 0 radical (unpaired) electrons. The molecule has 3 saturated heterocycles. The predicted octanol–water partition coefficient (Wildman–Crippen LogP) is 14.5. The van der Waals surface area contributed by atoms with Crippen molar-refractivity contribution in [2.75, 3.05) is 13.1 Å². The van der Waals surface area contributed by atoms with Crippen molar-refractivity contribution in [3.63, 3.8) is 0 Å². The fourth-order valence-electron chi connectivity index (χ4n) is 18.7. The first-order valence-electron chi connectivity index (χ1n) is 48.3. The molecule has 4 aliphatic carbocycles. The van der Waals surface area contributed by atoms with E-state index in [0.717, 1.165) is 95.0 Å². The van der Waals surface area contributed by atoms with Crippen LogP contribution in [0.25, 0.3) is 0 Å². The van der Waals surface area contributed by atoms with E-state index in [1.54, 1.807) is 142 Å². The average molecular weight is 2180 g/mol. The van der Waals surface area contributed by atoms with Crippen LogP contribution in [0.5, 0.6) is 11.5 Å². The fourth-order valence-corrected chi connectivity index (χ4v) is 20.0. The summed E-state index contributed by atoms with van der Waals surface area (Å²) in [7, 11) is 0. The van der Waals surface area contributed by atoms with Crippen LogP contribution < -0.4 is 10.6 Å². The highest BCUT2D eigenvalue weighted by Gasteiger charge is 2.78. The van der Waals surface area contributed by atoms with Crippen LogP contribution >= 0.6 is 45.5 Å². The highest BCUT2D eigenvalue weighted by molar-refractivity contribution is 14.1. The molecule has 2 aromatic carbocycles. The molecule has 8 N–H and O–H groups in total. The first-order chi connectivity index (χ1) is 64.9. The normalized spacial score (nSPS) is 27.0. The van der Waals surface area contributed by atoms with Crippen molar-refractivity contribution in [2.24, 2.45) is 11.8 Å². The molecule has 16 atom stereocenters. The predicted molar refractivity (Wildman–Crippen MR) is 522 cm³/mol. The molecule has 0 spiro atoms. The molecule has 0 aromatic heterocycles. The van der Waals surface area contributed by atoms with Gasteiger partial charge in [-0.1, -0.05) is 108 Å². The molecular formula is C102H145I2N3O32. The second-order valence-corrected chi connectivity index (χ2v) is 41.8. The zero-order valence-corrected chi connectivity index (χ0v) is 88.3. The smallest absolute Gasteiger partial charge is 0.407 e. The third kappa shape index (κ3) is 29.9. The van der Waals surface area contributed by atoms with E-state index in [4.69, 9.17) is 56.8 Å². The Kier molecular flexibility index (Phi) is 42.4. The molecule has 3 heterocycles. The number of benzene rings is 2. The van der Waals surface area contributed by atoms with Crippen molar-refractivity contribution >= 4 is 129 Å². The second-order valence-electron chi connectivity index (χ2n) is 39.7. The summed E-state index contributed by atoms with van der Waals surface area (Å²) in [5, 5.41) is 76.3. The van der Waals surface area contributed by atoms with E-state index in [1.807, 2.05) is 22.6 Å². The van der Waals surface area contributed by atoms with Gasteiger partial charge < -0.3 is 98.1 Å². The summed E-state index contributed by atoms with van der Waals surface area (Å²) in [5.74, 6) is -10.7. The minimum absolute atomic E-state index is 0.0358. The Morgan fingerprint density at radius 3 is 1.22 bits per heavy atom. The SMILES string of the molecule is C/C=C(/C)C(=O)OC1C(C)=C2[C@H]([C@@H]1OC(=O)CCCCCCC)[C@@](C)(OC(C)=O)CC(OC(=O)CCc1cc(I)c(O)c(CCCCCNC(=O)OC(C)(C)C)c1)[C@@]1(O)[C@H]2OC(=O)[C@@]1(C)O.C/C=C(/C)C(=O)OC1C(C)=C2[C@H]([C@@H]1OC(=O)CCCCCCC)[C@@](C)(OC(C)=O)CC(OC(=O)CCc1ccc(O)c(CCCCCNC(=O)OC(C)(C)C)c1)[C@@]1(O)[C@H]2OC(=O)[C@@]1(C)O.O=C1CCC(=O)N1I. The number of phenols is 2. The second kappa shape index (κ2) is 50.6. The third-order valence-corrected chi connectivity index (χ3v) is 28.2. The Morgan fingerprint density at radius 2 is 0.856 bits per heavy atom. The molecule has 2 saturated carbocycles. The number of ether oxygens (including phenoxy) is 12. The van der Waals surface area contributed by atoms with Crippen LogP contribution in [0.4, 0.5) is 9.59 Å². The van der Waals surface area contributed by atoms with E-state index in [9.17, 15) is 97.8 Å². The van der Waals surface area contributed by atoms with Gasteiger partial charge in [0.05, 0.1) is 38.3 Å². The van der Waals surface area contributed by atoms with Gasteiger partial charge in [-0.3, -0.25) is 38.4 Å². The van der Waals surface area contributed by atoms with Crippen LogP contribution in [0.15, 0.2) is 75.9 Å². The molecular weight excluding hydrogens is 2030 g/mol. The molecule has 7 aliphatic rings. The minimum atomic E-state index is -2.69. The number of hydrogen-bond acceptors (Lipinski definition) is 32. The average Bonchev–Trinajstić information content (AvgIpc) is 1.53. The number of nitrogens with one attached hydrogen (secondary N) is 2. The van der Waals surface area contributed by atoms with Crippen LogP contribution in [-0.2, 0) is 140 Å². The Morgan fingerprint density at radius 1 is 0.489 bits per heavy atom. The van der Waals surface area contributed by atoms with E-state index in [0.29, 0.717) is 103 Å². The number of phenolic OH excluding ortho intramolecular Hbond substituents is 2. The zero-order valence-electron chi connectivity index (χ0n) is 84.0. The number of alkyl carbamates (subject to hydrolysis) is 2. The van der Waals surface area contributed by atoms with E-state index in [-0.39, 0.29) is 95.3 Å². The number of halogens is 2. The summed E-state index contributed by atoms with van der Waals surface area (Å²) in [4.78, 5) is 180. The van der Waals surface area contributed by atoms with E-state index < -0.39 is 190 Å². The molecule has 2 aromatic rings. The van der Waals surface area contributed by atoms with Crippen molar-refractivity contribution in [2.45, 2.75) is 412 Å². The summed E-state index contributed by atoms with van der Waals surface area (Å²) in [5.41, 5.74) is -11.6. The third-order valence-electron chi connectivity index (χ3n) is 26.3. The standard InChI is InChI=1S/C49H70INO15.C49H71NO15.C4H4INO2/c1-11-13-14-15-18-21-35(53)62-41-38-37(29(4)40(41)63-43(56)28(3)12-2)42-49(60,48(10,59)44(57)64-42)34(27-47(38,9)65-30(5)52)61-36(54)23-22-31-25-32(39(55)33(50)26-31)20-17-16-19-24-51-45(58)66-46(6,7)8;1-11-13-14-15-18-21-36(53)61-41-39-38(30(4)40(41)62-43(55)29(3)12-2)42-49(59,48(10,58)44(56)63-42)35(28-47(39,9)64-31(5)51)60-37(54)25-23-32-22-24-34(52)33(27-32)20-17-16-19-26-50-45(57)65-46(6,7)8;5-6-3(7)1-2-4(6)8/h12,25-26,34,38,40-42,55,59-60H,11,13-24,27H2,1-10H3,(H,51,58);12,22,24,27,35,39-42,52,58-59H,11,13-21,23,25-26,28H2,1-10H3,(H,50,57);1-2H2/b28-12-;29-12-;/t34?,38-,40?,41+,42+,47+,48-,49-;35?,39-,40?,41+,42+,47+,48-,49-;/m11./s1. The van der Waals surface area contributed by atoms with Gasteiger partial charge in [0.1, 0.15) is 46.1 Å². The Balaban J connectivity index is 0.000000349. The quantitative estimate of drug-likeness (QED) is 0.00449. The highest BCUT2D eigenvalue weighted by atomic mass is 127. The number of rotatable bonds is 40. The molecule has 3 aliphatic heterocycles. The number of carbonyl (C=O) groups excluding carboxylic acids is 14. The number of carbonyl (C=O) groups is 14. The highest BCUT2D eigenvalue weighted by Crippen LogP contribution is 2.60. The number of aromatic hydroxyl groups is 2.